The number of H-pyrrole nitrogens is 1. The Morgan fingerprint density at radius 3 is 3.00 bits per heavy atom. The summed E-state index contributed by atoms with van der Waals surface area (Å²) < 4.78 is 4.66. The number of amides is 1. The van der Waals surface area contributed by atoms with Gasteiger partial charge in [-0.1, -0.05) is 0 Å². The van der Waals surface area contributed by atoms with Crippen LogP contribution in [0, 0.1) is 11.3 Å². The number of carbonyl (C=O) groups excluding carboxylic acids is 2. The molecule has 1 heterocycles. The van der Waals surface area contributed by atoms with Crippen LogP contribution in [-0.4, -0.2) is 28.7 Å². The summed E-state index contributed by atoms with van der Waals surface area (Å²) in [6.07, 6.45) is 2.34. The summed E-state index contributed by atoms with van der Waals surface area (Å²) in [5, 5.41) is 17.4. The van der Waals surface area contributed by atoms with E-state index in [0.717, 1.165) is 6.20 Å². The normalized spacial score (nSPS) is 10.6. The highest BCUT2D eigenvalue weighted by atomic mass is 16.5. The van der Waals surface area contributed by atoms with Crippen LogP contribution < -0.4 is 11.1 Å². The molecule has 1 rings (SSSR count). The summed E-state index contributed by atoms with van der Waals surface area (Å²) in [5.74, 6) is -1.25. The van der Waals surface area contributed by atoms with Crippen LogP contribution in [0.1, 0.15) is 17.3 Å². The van der Waals surface area contributed by atoms with Gasteiger partial charge in [0.05, 0.1) is 12.8 Å². The Kier molecular flexibility index (Phi) is 4.45. The molecule has 4 N–H and O–H groups in total. The van der Waals surface area contributed by atoms with Crippen LogP contribution in [0.15, 0.2) is 18.0 Å². The third-order valence-corrected chi connectivity index (χ3v) is 1.88. The molecular formula is C10H11N5O3. The van der Waals surface area contributed by atoms with Crippen LogP contribution in [0.5, 0.6) is 0 Å². The van der Waals surface area contributed by atoms with Crippen LogP contribution in [-0.2, 0) is 9.53 Å². The number of anilines is 1. The summed E-state index contributed by atoms with van der Waals surface area (Å²) in [4.78, 5) is 22.3. The molecule has 0 unspecified atom stereocenters. The number of hydrogen-bond acceptors (Lipinski definition) is 6. The number of rotatable bonds is 5. The molecule has 0 atom stereocenters. The molecule has 18 heavy (non-hydrogen) atoms. The molecule has 0 aromatic carbocycles. The topological polar surface area (TPSA) is 134 Å². The number of nitriles is 1. The van der Waals surface area contributed by atoms with Crippen molar-refractivity contribution in [2.45, 2.75) is 6.92 Å². The van der Waals surface area contributed by atoms with Crippen molar-refractivity contribution in [3.8, 4) is 6.07 Å². The Morgan fingerprint density at radius 1 is 1.72 bits per heavy atom. The second-order valence-electron chi connectivity index (χ2n) is 3.06. The van der Waals surface area contributed by atoms with Crippen molar-refractivity contribution in [3.63, 3.8) is 0 Å². The van der Waals surface area contributed by atoms with Gasteiger partial charge in [0.15, 0.2) is 5.57 Å². The molecule has 0 bridgehead atoms. The van der Waals surface area contributed by atoms with Crippen LogP contribution in [0.25, 0.3) is 0 Å². The average Bonchev–Trinajstić information content (AvgIpc) is 2.78. The summed E-state index contributed by atoms with van der Waals surface area (Å²) in [5.41, 5.74) is 4.97. The van der Waals surface area contributed by atoms with Crippen molar-refractivity contribution in [1.82, 2.24) is 10.2 Å². The number of ether oxygens (including phenoxy) is 1. The van der Waals surface area contributed by atoms with Gasteiger partial charge in [0.1, 0.15) is 17.5 Å². The molecule has 1 amide bonds. The second-order valence-corrected chi connectivity index (χ2v) is 3.06. The van der Waals surface area contributed by atoms with Crippen molar-refractivity contribution in [1.29, 1.82) is 5.26 Å². The minimum Gasteiger partial charge on any atom is -0.462 e. The number of hydrogen-bond donors (Lipinski definition) is 3. The number of aromatic amines is 1. The van der Waals surface area contributed by atoms with Gasteiger partial charge in [-0.25, -0.2) is 4.79 Å². The van der Waals surface area contributed by atoms with E-state index in [-0.39, 0.29) is 23.6 Å². The van der Waals surface area contributed by atoms with E-state index in [2.05, 4.69) is 20.3 Å². The predicted octanol–water partition coefficient (Wildman–Crippen LogP) is -0.109. The van der Waals surface area contributed by atoms with Gasteiger partial charge in [0, 0.05) is 6.20 Å². The monoisotopic (exact) mass is 249 g/mol. The van der Waals surface area contributed by atoms with E-state index in [1.54, 1.807) is 13.0 Å². The van der Waals surface area contributed by atoms with Gasteiger partial charge in [0.25, 0.3) is 5.91 Å². The third-order valence-electron chi connectivity index (χ3n) is 1.88. The minimum absolute atomic E-state index is 0.118. The quantitative estimate of drug-likeness (QED) is 0.378. The van der Waals surface area contributed by atoms with E-state index in [1.165, 1.54) is 6.20 Å². The number of carbonyl (C=O) groups is 2. The van der Waals surface area contributed by atoms with Crippen LogP contribution in [0.3, 0.4) is 0 Å². The number of primary amides is 1. The highest BCUT2D eigenvalue weighted by Gasteiger charge is 2.12. The molecule has 0 aliphatic carbocycles. The zero-order valence-electron chi connectivity index (χ0n) is 9.56. The Balaban J connectivity index is 2.84. The fraction of sp³-hybridized carbons (Fsp3) is 0.200. The Bertz CT molecular complexity index is 526. The maximum absolute atomic E-state index is 11.3. The molecule has 1 aromatic rings. The van der Waals surface area contributed by atoms with Crippen molar-refractivity contribution >= 4 is 17.7 Å². The zero-order chi connectivity index (χ0) is 13.5. The number of nitrogens with one attached hydrogen (secondary N) is 2. The summed E-state index contributed by atoms with van der Waals surface area (Å²) in [6.45, 7) is 1.79. The predicted molar refractivity (Wildman–Crippen MR) is 61.1 cm³/mol. The van der Waals surface area contributed by atoms with Gasteiger partial charge in [-0.2, -0.15) is 10.4 Å². The smallest absolute Gasteiger partial charge is 0.350 e. The highest BCUT2D eigenvalue weighted by molar-refractivity contribution is 5.98. The molecule has 8 heteroatoms. The second kappa shape index (κ2) is 6.05. The van der Waals surface area contributed by atoms with E-state index < -0.39 is 11.9 Å². The van der Waals surface area contributed by atoms with Gasteiger partial charge in [-0.3, -0.25) is 9.89 Å². The van der Waals surface area contributed by atoms with Crippen molar-refractivity contribution in [2.75, 3.05) is 11.9 Å². The van der Waals surface area contributed by atoms with Crippen molar-refractivity contribution < 1.29 is 14.3 Å². The Morgan fingerprint density at radius 2 is 2.44 bits per heavy atom. The fourth-order valence-corrected chi connectivity index (χ4v) is 1.07. The van der Waals surface area contributed by atoms with E-state index in [1.807, 2.05) is 0 Å². The number of aromatic nitrogens is 2. The molecule has 0 saturated heterocycles. The maximum Gasteiger partial charge on any atom is 0.350 e. The maximum atomic E-state index is 11.3. The molecule has 8 nitrogen and oxygen atoms in total. The highest BCUT2D eigenvalue weighted by Crippen LogP contribution is 2.10. The molecule has 1 aromatic heterocycles. The average molecular weight is 249 g/mol. The molecule has 0 aliphatic rings. The first-order chi connectivity index (χ1) is 8.60. The van der Waals surface area contributed by atoms with Gasteiger partial charge in [0.2, 0.25) is 0 Å². The van der Waals surface area contributed by atoms with Crippen molar-refractivity contribution in [2.24, 2.45) is 5.73 Å². The Hall–Kier alpha value is -2.82. The van der Waals surface area contributed by atoms with Crippen LogP contribution >= 0.6 is 0 Å². The van der Waals surface area contributed by atoms with Gasteiger partial charge in [-0.15, -0.1) is 0 Å². The van der Waals surface area contributed by atoms with Gasteiger partial charge < -0.3 is 15.8 Å². The lowest BCUT2D eigenvalue weighted by atomic mass is 10.3. The third kappa shape index (κ3) is 3.08. The number of nitrogens with zero attached hydrogens (tertiary/aromatic N) is 2. The van der Waals surface area contributed by atoms with Crippen LogP contribution in [0.4, 0.5) is 5.82 Å². The van der Waals surface area contributed by atoms with Gasteiger partial charge in [-0.05, 0) is 6.92 Å². The Labute approximate surface area is 102 Å². The van der Waals surface area contributed by atoms with E-state index in [9.17, 15) is 9.59 Å². The zero-order valence-corrected chi connectivity index (χ0v) is 9.56. The van der Waals surface area contributed by atoms with Crippen molar-refractivity contribution in [3.05, 3.63) is 23.5 Å². The molecule has 94 valence electrons. The summed E-state index contributed by atoms with van der Waals surface area (Å²) >= 11 is 0. The minimum atomic E-state index is -0.757. The van der Waals surface area contributed by atoms with Crippen LogP contribution in [0.2, 0.25) is 0 Å². The molecule has 0 aliphatic heterocycles. The number of nitrogens with two attached hydrogens (primary N) is 1. The molecule has 0 saturated carbocycles. The fourth-order valence-electron chi connectivity index (χ4n) is 1.07. The molecular weight excluding hydrogens is 238 g/mol. The number of esters is 1. The lowest BCUT2D eigenvalue weighted by Crippen LogP contribution is -2.12. The summed E-state index contributed by atoms with van der Waals surface area (Å²) in [7, 11) is 0. The lowest BCUT2D eigenvalue weighted by molar-refractivity contribution is -0.138. The summed E-state index contributed by atoms with van der Waals surface area (Å²) in [6, 6.07) is 1.67. The first kappa shape index (κ1) is 13.2. The first-order valence-corrected chi connectivity index (χ1v) is 4.97. The van der Waals surface area contributed by atoms with E-state index >= 15 is 0 Å². The molecule has 0 spiro atoms. The van der Waals surface area contributed by atoms with Gasteiger partial charge >= 0.3 is 5.97 Å². The first-order valence-electron chi connectivity index (χ1n) is 4.97. The largest absolute Gasteiger partial charge is 0.462 e. The van der Waals surface area contributed by atoms with E-state index in [4.69, 9.17) is 11.0 Å². The SMILES string of the molecule is CCOC(=O)/C(C#N)=C/Nc1[nH]ncc1C(N)=O. The standard InChI is InChI=1S/C10H11N5O3/c1-2-18-10(17)6(3-11)4-13-9-7(8(12)16)5-14-15-9/h4-5H,2H2,1H3,(H2,12,16)(H2,13,14,15)/b6-4+. The molecule has 0 fully saturated rings. The molecule has 0 radical (unpaired) electrons. The van der Waals surface area contributed by atoms with E-state index in [0.29, 0.717) is 0 Å². The lowest BCUT2D eigenvalue weighted by Gasteiger charge is -2.01.